The summed E-state index contributed by atoms with van der Waals surface area (Å²) in [6, 6.07) is 18.4. The van der Waals surface area contributed by atoms with Gasteiger partial charge in [0.2, 0.25) is 21.8 Å². The number of carbonyl (C=O) groups is 2. The largest absolute Gasteiger partial charge is 0.495 e. The smallest absolute Gasteiger partial charge is 0.244 e. The molecule has 226 valence electrons. The highest BCUT2D eigenvalue weighted by Crippen LogP contribution is 2.31. The lowest BCUT2D eigenvalue weighted by atomic mass is 10.0. The SMILES string of the molecule is COc1ccc(C)cc1N(CC(=O)N(Cc1ccc(Cl)c(Cl)c1)C(Cc1ccccc1)C(=O)NC(C)(C)C)S(C)(=O)=O. The van der Waals surface area contributed by atoms with Gasteiger partial charge >= 0.3 is 0 Å². The van der Waals surface area contributed by atoms with Gasteiger partial charge in [-0.05, 0) is 68.7 Å². The molecule has 0 aromatic heterocycles. The molecular weight excluding hydrogens is 597 g/mol. The Morgan fingerprint density at radius 3 is 2.19 bits per heavy atom. The van der Waals surface area contributed by atoms with E-state index in [9.17, 15) is 18.0 Å². The van der Waals surface area contributed by atoms with Crippen LogP contribution in [0.3, 0.4) is 0 Å². The van der Waals surface area contributed by atoms with Crippen molar-refractivity contribution in [2.45, 2.75) is 52.2 Å². The van der Waals surface area contributed by atoms with E-state index < -0.39 is 34.1 Å². The minimum atomic E-state index is -3.95. The van der Waals surface area contributed by atoms with E-state index in [0.29, 0.717) is 21.4 Å². The summed E-state index contributed by atoms with van der Waals surface area (Å²) >= 11 is 12.4. The molecule has 42 heavy (non-hydrogen) atoms. The lowest BCUT2D eigenvalue weighted by Gasteiger charge is -2.35. The number of benzene rings is 3. The Hall–Kier alpha value is -3.27. The van der Waals surface area contributed by atoms with Crippen LogP contribution in [0.1, 0.15) is 37.5 Å². The fourth-order valence-corrected chi connectivity index (χ4v) is 5.60. The highest BCUT2D eigenvalue weighted by atomic mass is 35.5. The van der Waals surface area contributed by atoms with Gasteiger partial charge in [-0.2, -0.15) is 0 Å². The third-order valence-electron chi connectivity index (χ3n) is 6.39. The number of rotatable bonds is 11. The van der Waals surface area contributed by atoms with Crippen LogP contribution >= 0.6 is 23.2 Å². The summed E-state index contributed by atoms with van der Waals surface area (Å²) in [7, 11) is -2.52. The standard InChI is InChI=1S/C31H37Cl2N3O5S/c1-21-12-15-28(41-5)26(16-21)36(42(6,39)40)20-29(37)35(19-23-13-14-24(32)25(33)17-23)27(30(38)34-31(2,3)4)18-22-10-8-7-9-11-22/h7-17,27H,18-20H2,1-6H3,(H,34,38). The Bertz CT molecular complexity index is 1530. The van der Waals surface area contributed by atoms with Gasteiger partial charge in [0, 0.05) is 18.5 Å². The lowest BCUT2D eigenvalue weighted by molar-refractivity contribution is -0.140. The molecule has 0 fully saturated rings. The van der Waals surface area contributed by atoms with Crippen LogP contribution in [0.15, 0.2) is 66.7 Å². The molecule has 0 saturated carbocycles. The molecule has 1 N–H and O–H groups in total. The Morgan fingerprint density at radius 2 is 1.62 bits per heavy atom. The number of nitrogens with zero attached hydrogens (tertiary/aromatic N) is 2. The molecule has 0 radical (unpaired) electrons. The maximum absolute atomic E-state index is 14.3. The van der Waals surface area contributed by atoms with Gasteiger partial charge < -0.3 is 15.0 Å². The van der Waals surface area contributed by atoms with Gasteiger partial charge in [-0.25, -0.2) is 8.42 Å². The molecule has 0 spiro atoms. The second-order valence-electron chi connectivity index (χ2n) is 11.2. The summed E-state index contributed by atoms with van der Waals surface area (Å²) in [6.07, 6.45) is 1.22. The van der Waals surface area contributed by atoms with E-state index in [0.717, 1.165) is 21.7 Å². The minimum absolute atomic E-state index is 0.0205. The van der Waals surface area contributed by atoms with Crippen LogP contribution < -0.4 is 14.4 Å². The quantitative estimate of drug-likeness (QED) is 0.295. The van der Waals surface area contributed by atoms with Crippen LogP contribution in [-0.2, 0) is 32.6 Å². The van der Waals surface area contributed by atoms with Crippen molar-refractivity contribution in [3.63, 3.8) is 0 Å². The first-order valence-electron chi connectivity index (χ1n) is 13.3. The molecule has 2 amide bonds. The molecule has 3 aromatic carbocycles. The first-order valence-corrected chi connectivity index (χ1v) is 15.9. The normalized spacial score (nSPS) is 12.4. The highest BCUT2D eigenvalue weighted by Gasteiger charge is 2.35. The molecule has 0 bridgehead atoms. The number of nitrogens with one attached hydrogen (secondary N) is 1. The van der Waals surface area contributed by atoms with E-state index in [2.05, 4.69) is 5.32 Å². The van der Waals surface area contributed by atoms with Crippen LogP contribution in [0, 0.1) is 6.92 Å². The van der Waals surface area contributed by atoms with Crippen LogP contribution in [-0.4, -0.2) is 56.6 Å². The summed E-state index contributed by atoms with van der Waals surface area (Å²) in [5.74, 6) is -0.667. The fourth-order valence-electron chi connectivity index (χ4n) is 4.43. The predicted molar refractivity (Wildman–Crippen MR) is 169 cm³/mol. The predicted octanol–water partition coefficient (Wildman–Crippen LogP) is 5.63. The first kappa shape index (κ1) is 33.2. The van der Waals surface area contributed by atoms with Crippen molar-refractivity contribution in [3.05, 3.63) is 93.5 Å². The maximum atomic E-state index is 14.3. The van der Waals surface area contributed by atoms with Crippen LogP contribution in [0.4, 0.5) is 5.69 Å². The molecule has 3 aromatic rings. The Kier molecular flexibility index (Phi) is 10.9. The van der Waals surface area contributed by atoms with Gasteiger partial charge in [0.05, 0.1) is 29.1 Å². The van der Waals surface area contributed by atoms with Crippen LogP contribution in [0.25, 0.3) is 0 Å². The zero-order valence-corrected chi connectivity index (χ0v) is 27.0. The van der Waals surface area contributed by atoms with E-state index >= 15 is 0 Å². The van der Waals surface area contributed by atoms with Gasteiger partial charge in [0.1, 0.15) is 18.3 Å². The van der Waals surface area contributed by atoms with E-state index in [4.69, 9.17) is 27.9 Å². The third-order valence-corrected chi connectivity index (χ3v) is 8.25. The van der Waals surface area contributed by atoms with Crippen molar-refractivity contribution in [3.8, 4) is 5.75 Å². The van der Waals surface area contributed by atoms with E-state index in [1.54, 1.807) is 36.4 Å². The number of sulfonamides is 1. The van der Waals surface area contributed by atoms with Gasteiger partial charge in [0.15, 0.2) is 0 Å². The molecule has 3 rings (SSSR count). The number of anilines is 1. The molecule has 0 aliphatic heterocycles. The molecule has 0 aliphatic rings. The number of methoxy groups -OCH3 is 1. The van der Waals surface area contributed by atoms with Gasteiger partial charge in [-0.3, -0.25) is 13.9 Å². The average molecular weight is 635 g/mol. The molecule has 0 saturated heterocycles. The number of carbonyl (C=O) groups excluding carboxylic acids is 2. The van der Waals surface area contributed by atoms with E-state index in [1.807, 2.05) is 58.0 Å². The monoisotopic (exact) mass is 633 g/mol. The number of ether oxygens (including phenoxy) is 1. The summed E-state index contributed by atoms with van der Waals surface area (Å²) in [5, 5.41) is 3.63. The van der Waals surface area contributed by atoms with E-state index in [1.165, 1.54) is 12.0 Å². The summed E-state index contributed by atoms with van der Waals surface area (Å²) in [6.45, 7) is 6.79. The zero-order valence-electron chi connectivity index (χ0n) is 24.6. The van der Waals surface area contributed by atoms with Crippen molar-refractivity contribution < 1.29 is 22.7 Å². The van der Waals surface area contributed by atoms with Crippen molar-refractivity contribution in [1.29, 1.82) is 0 Å². The molecule has 1 unspecified atom stereocenters. The van der Waals surface area contributed by atoms with Crippen molar-refractivity contribution in [2.75, 3.05) is 24.2 Å². The Balaban J connectivity index is 2.14. The number of amides is 2. The number of aryl methyl sites for hydroxylation is 1. The first-order chi connectivity index (χ1) is 19.6. The second-order valence-corrected chi connectivity index (χ2v) is 13.9. The van der Waals surface area contributed by atoms with Crippen LogP contribution in [0.2, 0.25) is 10.0 Å². The van der Waals surface area contributed by atoms with Gasteiger partial charge in [0.25, 0.3) is 0 Å². The molecule has 0 heterocycles. The number of hydrogen-bond donors (Lipinski definition) is 1. The average Bonchev–Trinajstić information content (AvgIpc) is 2.90. The fraction of sp³-hybridized carbons (Fsp3) is 0.355. The topological polar surface area (TPSA) is 96.0 Å². The highest BCUT2D eigenvalue weighted by molar-refractivity contribution is 7.92. The molecule has 11 heteroatoms. The zero-order chi connectivity index (χ0) is 31.2. The van der Waals surface area contributed by atoms with E-state index in [-0.39, 0.29) is 24.6 Å². The summed E-state index contributed by atoms with van der Waals surface area (Å²) in [5.41, 5.74) is 1.88. The summed E-state index contributed by atoms with van der Waals surface area (Å²) < 4.78 is 32.6. The van der Waals surface area contributed by atoms with Crippen molar-refractivity contribution in [1.82, 2.24) is 10.2 Å². The summed E-state index contributed by atoms with van der Waals surface area (Å²) in [4.78, 5) is 29.5. The second kappa shape index (κ2) is 13.8. The lowest BCUT2D eigenvalue weighted by Crippen LogP contribution is -2.56. The van der Waals surface area contributed by atoms with Gasteiger partial charge in [-0.15, -0.1) is 0 Å². The molecule has 1 atom stereocenters. The van der Waals surface area contributed by atoms with Crippen molar-refractivity contribution >= 4 is 50.7 Å². The number of hydrogen-bond acceptors (Lipinski definition) is 5. The molecule has 0 aliphatic carbocycles. The molecule has 8 nitrogen and oxygen atoms in total. The van der Waals surface area contributed by atoms with Gasteiger partial charge in [-0.1, -0.05) is 65.7 Å². The number of halogens is 2. The van der Waals surface area contributed by atoms with Crippen molar-refractivity contribution in [2.24, 2.45) is 0 Å². The Morgan fingerprint density at radius 1 is 0.952 bits per heavy atom. The Labute approximate surface area is 258 Å². The maximum Gasteiger partial charge on any atom is 0.244 e. The minimum Gasteiger partial charge on any atom is -0.495 e. The van der Waals surface area contributed by atoms with Crippen LogP contribution in [0.5, 0.6) is 5.75 Å². The third kappa shape index (κ3) is 9.11. The molecular formula is C31H37Cl2N3O5S.